The highest BCUT2D eigenvalue weighted by Crippen LogP contribution is 2.41. The molecule has 0 radical (unpaired) electrons. The van der Waals surface area contributed by atoms with E-state index in [2.05, 4.69) is 29.1 Å². The van der Waals surface area contributed by atoms with Gasteiger partial charge in [-0.1, -0.05) is 37.3 Å². The number of unbranched alkanes of at least 4 members (excludes halogenated alkanes) is 1. The Morgan fingerprint density at radius 2 is 1.88 bits per heavy atom. The molecule has 3 N–H and O–H groups in total. The number of hydrogen-bond acceptors (Lipinski definition) is 10. The summed E-state index contributed by atoms with van der Waals surface area (Å²) in [6.45, 7) is 17.1. The lowest BCUT2D eigenvalue weighted by atomic mass is 9.62. The van der Waals surface area contributed by atoms with Crippen molar-refractivity contribution in [2.24, 2.45) is 17.8 Å². The molecule has 4 rings (SSSR count). The minimum Gasteiger partial charge on any atom is -0.457 e. The third-order valence-corrected chi connectivity index (χ3v) is 10.9. The van der Waals surface area contributed by atoms with Gasteiger partial charge in [0.05, 0.1) is 17.8 Å². The number of aromatic nitrogens is 3. The van der Waals surface area contributed by atoms with Gasteiger partial charge in [-0.05, 0) is 77.4 Å². The van der Waals surface area contributed by atoms with E-state index in [9.17, 15) is 14.4 Å². The van der Waals surface area contributed by atoms with Gasteiger partial charge in [-0.25, -0.2) is 4.79 Å². The maximum Gasteiger partial charge on any atom is 0.410 e. The van der Waals surface area contributed by atoms with Crippen molar-refractivity contribution in [1.82, 2.24) is 25.2 Å². The molecule has 2 aliphatic heterocycles. The lowest BCUT2D eigenvalue weighted by Gasteiger charge is -2.41. The van der Waals surface area contributed by atoms with Gasteiger partial charge in [0.2, 0.25) is 0 Å². The zero-order valence-corrected chi connectivity index (χ0v) is 30.5. The Morgan fingerprint density at radius 1 is 1.16 bits per heavy atom. The lowest BCUT2D eigenvalue weighted by molar-refractivity contribution is -0.169. The Hall–Kier alpha value is -3.71. The fourth-order valence-electron chi connectivity index (χ4n) is 7.57. The number of ketones is 1. The summed E-state index contributed by atoms with van der Waals surface area (Å²) in [5, 5.41) is 12.2. The number of nitrogens with one attached hydrogen (secondary N) is 1. The highest BCUT2D eigenvalue weighted by atomic mass is 16.6. The van der Waals surface area contributed by atoms with Crippen LogP contribution >= 0.6 is 0 Å². The lowest BCUT2D eigenvalue weighted by Crippen LogP contribution is -2.61. The van der Waals surface area contributed by atoms with Crippen LogP contribution in [0, 0.1) is 17.8 Å². The first-order chi connectivity index (χ1) is 23.1. The van der Waals surface area contributed by atoms with Crippen LogP contribution in [0.25, 0.3) is 11.3 Å². The molecule has 268 valence electrons. The average molecular weight is 679 g/mol. The zero-order valence-electron chi connectivity index (χ0n) is 30.5. The van der Waals surface area contributed by atoms with Gasteiger partial charge in [0.25, 0.3) is 0 Å². The van der Waals surface area contributed by atoms with E-state index in [0.717, 1.165) is 17.7 Å². The Morgan fingerprint density at radius 3 is 2.55 bits per heavy atom. The monoisotopic (exact) mass is 678 g/mol. The molecule has 49 heavy (non-hydrogen) atoms. The fourth-order valence-corrected chi connectivity index (χ4v) is 7.57. The van der Waals surface area contributed by atoms with Crippen molar-refractivity contribution in [3.05, 3.63) is 43.1 Å². The predicted octanol–water partition coefficient (Wildman–Crippen LogP) is 4.06. The standard InChI is InChI=1S/C36H55BN6O6/c1-9-13-29-36(7)32(25(5)39-20-22(2)19-35(6,47-8)31(37)23(3)30(44)24(4)33(45)48-29)43(34(46)49-36)17-11-10-16-42-21-28(40-41-42)26-14-12-15-27(38)18-26/h9,12,14-15,18,21-25,29,31-32,39H,1,10-11,13,16-17,19-20,37-38H2,2-8H3/t22-,23+,24-,25-,29-,31-,32-,35-,36-/m1/s1. The Labute approximate surface area is 291 Å². The molecule has 0 saturated carbocycles. The first-order valence-electron chi connectivity index (χ1n) is 17.5. The Balaban J connectivity index is 1.56. The highest BCUT2D eigenvalue weighted by Gasteiger charge is 2.58. The van der Waals surface area contributed by atoms with E-state index in [1.165, 1.54) is 0 Å². The average Bonchev–Trinajstić information content (AvgIpc) is 3.65. The first kappa shape index (κ1) is 38.1. The number of nitrogens with zero attached hydrogens (tertiary/aromatic N) is 4. The van der Waals surface area contributed by atoms with Gasteiger partial charge in [-0.3, -0.25) is 19.2 Å². The largest absolute Gasteiger partial charge is 0.457 e. The summed E-state index contributed by atoms with van der Waals surface area (Å²) in [6.07, 6.45) is 4.59. The Kier molecular flexibility index (Phi) is 12.4. The van der Waals surface area contributed by atoms with Crippen LogP contribution in [0.2, 0.25) is 5.82 Å². The molecule has 2 aliphatic rings. The summed E-state index contributed by atoms with van der Waals surface area (Å²) in [5.41, 5.74) is 6.43. The minimum atomic E-state index is -1.21. The summed E-state index contributed by atoms with van der Waals surface area (Å²) in [4.78, 5) is 42.7. The molecule has 3 heterocycles. The summed E-state index contributed by atoms with van der Waals surface area (Å²) in [7, 11) is 3.68. The van der Waals surface area contributed by atoms with Crippen LogP contribution in [-0.4, -0.2) is 95.2 Å². The molecule has 2 aromatic rings. The van der Waals surface area contributed by atoms with Gasteiger partial charge in [-0.15, -0.1) is 11.7 Å². The molecule has 12 nitrogen and oxygen atoms in total. The van der Waals surface area contributed by atoms with Crippen LogP contribution in [0.15, 0.2) is 43.1 Å². The molecular weight excluding hydrogens is 623 g/mol. The van der Waals surface area contributed by atoms with Gasteiger partial charge in [-0.2, -0.15) is 0 Å². The fraction of sp³-hybridized carbons (Fsp3) is 0.639. The molecule has 1 amide bonds. The molecule has 0 aliphatic carbocycles. The smallest absolute Gasteiger partial charge is 0.410 e. The Bertz CT molecular complexity index is 1490. The van der Waals surface area contributed by atoms with Crippen molar-refractivity contribution in [1.29, 1.82) is 0 Å². The number of anilines is 1. The number of carbonyl (C=O) groups is 3. The number of cyclic esters (lactones) is 1. The molecule has 9 atom stereocenters. The van der Waals surface area contributed by atoms with Gasteiger partial charge in [0.1, 0.15) is 31.3 Å². The molecule has 0 spiro atoms. The van der Waals surface area contributed by atoms with Crippen LogP contribution in [-0.2, 0) is 30.3 Å². The van der Waals surface area contributed by atoms with Crippen LogP contribution < -0.4 is 11.1 Å². The zero-order chi connectivity index (χ0) is 36.1. The number of Topliss-reactive ketones (excluding diaryl/α,β-unsaturated/α-hetero) is 1. The van der Waals surface area contributed by atoms with E-state index in [-0.39, 0.29) is 30.0 Å². The third-order valence-electron chi connectivity index (χ3n) is 10.9. The van der Waals surface area contributed by atoms with E-state index < -0.39 is 47.2 Å². The van der Waals surface area contributed by atoms with Crippen molar-refractivity contribution in [2.75, 3.05) is 25.9 Å². The topological polar surface area (TPSA) is 151 Å². The highest BCUT2D eigenvalue weighted by molar-refractivity contribution is 6.15. The van der Waals surface area contributed by atoms with Crippen molar-refractivity contribution >= 4 is 31.4 Å². The second-order valence-electron chi connectivity index (χ2n) is 14.6. The number of aryl methyl sites for hydroxylation is 1. The number of benzene rings is 1. The normalized spacial score (nSPS) is 33.2. The van der Waals surface area contributed by atoms with Gasteiger partial charge >= 0.3 is 12.1 Å². The summed E-state index contributed by atoms with van der Waals surface area (Å²) >= 11 is 0. The number of esters is 1. The van der Waals surface area contributed by atoms with E-state index in [1.807, 2.05) is 66.0 Å². The SMILES string of the molecule is B[C@@H]1[C@@H](C)C(=O)[C@@H](C)C(=O)O[C@H](CC=C)[C@@]2(C)OC(=O)N(CCCCn3cc(-c4cccc(N)c4)nn3)[C@@H]2[C@@H](C)NC[C@H](C)C[C@@]1(C)OC. The van der Waals surface area contributed by atoms with Crippen molar-refractivity contribution in [3.63, 3.8) is 0 Å². The molecule has 0 bridgehead atoms. The number of nitrogens with two attached hydrogens (primary N) is 1. The third kappa shape index (κ3) is 8.37. The second-order valence-corrected chi connectivity index (χ2v) is 14.6. The molecule has 0 unspecified atom stereocenters. The number of amides is 1. The van der Waals surface area contributed by atoms with E-state index >= 15 is 0 Å². The minimum absolute atomic E-state index is 0.149. The van der Waals surface area contributed by atoms with Crippen LogP contribution in [0.4, 0.5) is 10.5 Å². The number of rotatable bonds is 9. The van der Waals surface area contributed by atoms with Crippen LogP contribution in [0.1, 0.15) is 67.2 Å². The van der Waals surface area contributed by atoms with Gasteiger partial charge in [0.15, 0.2) is 5.60 Å². The van der Waals surface area contributed by atoms with Crippen molar-refractivity contribution < 1.29 is 28.6 Å². The maximum absolute atomic E-state index is 13.7. The van der Waals surface area contributed by atoms with Crippen LogP contribution in [0.3, 0.4) is 0 Å². The van der Waals surface area contributed by atoms with E-state index in [4.69, 9.17) is 19.9 Å². The quantitative estimate of drug-likeness (QED) is 0.0993. The summed E-state index contributed by atoms with van der Waals surface area (Å²) in [6, 6.07) is 6.81. The molecule has 1 aromatic carbocycles. The number of fused-ring (bicyclic) bond motifs is 1. The van der Waals surface area contributed by atoms with E-state index in [0.29, 0.717) is 38.2 Å². The van der Waals surface area contributed by atoms with Crippen molar-refractivity contribution in [3.8, 4) is 11.3 Å². The second kappa shape index (κ2) is 15.9. The number of hydrogen-bond donors (Lipinski definition) is 2. The molecule has 1 aromatic heterocycles. The van der Waals surface area contributed by atoms with Gasteiger partial charge in [0, 0.05) is 49.8 Å². The molecule has 13 heteroatoms. The van der Waals surface area contributed by atoms with Crippen molar-refractivity contribution in [2.45, 2.75) is 109 Å². The molecule has 2 saturated heterocycles. The number of carbonyl (C=O) groups excluding carboxylic acids is 3. The summed E-state index contributed by atoms with van der Waals surface area (Å²) in [5.74, 6) is -2.26. The van der Waals surface area contributed by atoms with Crippen LogP contribution in [0.5, 0.6) is 0 Å². The van der Waals surface area contributed by atoms with Gasteiger partial charge < -0.3 is 25.3 Å². The number of nitrogen functional groups attached to an aromatic ring is 1. The first-order valence-corrected chi connectivity index (χ1v) is 17.5. The number of methoxy groups -OCH3 is 1. The molecule has 2 fully saturated rings. The van der Waals surface area contributed by atoms with E-state index in [1.54, 1.807) is 29.7 Å². The predicted molar refractivity (Wildman–Crippen MR) is 191 cm³/mol. The summed E-state index contributed by atoms with van der Waals surface area (Å²) < 4.78 is 20.1. The molecular formula is C36H55BN6O6. The maximum atomic E-state index is 13.7. The number of ether oxygens (including phenoxy) is 3.